The molecule has 0 radical (unpaired) electrons. The maximum absolute atomic E-state index is 12.8. The van der Waals surface area contributed by atoms with Crippen LogP contribution in [0.25, 0.3) is 6.08 Å². The summed E-state index contributed by atoms with van der Waals surface area (Å²) in [5.74, 6) is 1.16. The van der Waals surface area contributed by atoms with Crippen LogP contribution in [0.2, 0.25) is 0 Å². The highest BCUT2D eigenvalue weighted by Crippen LogP contribution is 2.42. The minimum Gasteiger partial charge on any atom is -0.489 e. The molecule has 0 saturated heterocycles. The summed E-state index contributed by atoms with van der Waals surface area (Å²) >= 11 is 0. The van der Waals surface area contributed by atoms with Crippen molar-refractivity contribution in [2.24, 2.45) is 0 Å². The van der Waals surface area contributed by atoms with Crippen molar-refractivity contribution >= 4 is 11.9 Å². The Morgan fingerprint density at radius 2 is 1.93 bits per heavy atom. The van der Waals surface area contributed by atoms with Crippen molar-refractivity contribution in [2.75, 3.05) is 6.61 Å². The third-order valence-electron chi connectivity index (χ3n) is 4.65. The molecule has 1 aliphatic heterocycles. The summed E-state index contributed by atoms with van der Waals surface area (Å²) in [7, 11) is 0. The van der Waals surface area contributed by atoms with Gasteiger partial charge in [0.05, 0.1) is 23.1 Å². The van der Waals surface area contributed by atoms with Crippen molar-refractivity contribution in [1.29, 1.82) is 0 Å². The number of fused-ring (bicyclic) bond motifs is 1. The normalized spacial score (nSPS) is 16.3. The molecule has 4 heteroatoms. The molecule has 2 aromatic carbocycles. The molecule has 1 aliphatic rings. The molecule has 1 N–H and O–H groups in total. The maximum atomic E-state index is 12.8. The number of allylic oxidation sites excluding steroid dienone is 1. The summed E-state index contributed by atoms with van der Waals surface area (Å²) in [5, 5.41) is 10.2. The van der Waals surface area contributed by atoms with Gasteiger partial charge < -0.3 is 14.6 Å². The van der Waals surface area contributed by atoms with Gasteiger partial charge in [0.25, 0.3) is 0 Å². The average molecular weight is 392 g/mol. The molecule has 152 valence electrons. The van der Waals surface area contributed by atoms with E-state index in [9.17, 15) is 9.90 Å². The maximum Gasteiger partial charge on any atom is 0.170 e. The van der Waals surface area contributed by atoms with Crippen LogP contribution in [0.3, 0.4) is 0 Å². The van der Waals surface area contributed by atoms with E-state index in [2.05, 4.69) is 0 Å². The Balaban J connectivity index is 2.04. The van der Waals surface area contributed by atoms with E-state index in [0.29, 0.717) is 35.7 Å². The van der Waals surface area contributed by atoms with E-state index in [1.807, 2.05) is 50.3 Å². The Labute approximate surface area is 172 Å². The summed E-state index contributed by atoms with van der Waals surface area (Å²) in [6.07, 6.45) is 5.39. The molecule has 0 aromatic heterocycles. The first kappa shape index (κ1) is 20.9. The van der Waals surface area contributed by atoms with E-state index in [4.69, 9.17) is 9.47 Å². The number of hydrogen-bond acceptors (Lipinski definition) is 4. The number of carbonyl (C=O) groups is 1. The second kappa shape index (κ2) is 8.66. The monoisotopic (exact) mass is 392 g/mol. The molecule has 0 saturated carbocycles. The summed E-state index contributed by atoms with van der Waals surface area (Å²) < 4.78 is 12.3. The lowest BCUT2D eigenvalue weighted by molar-refractivity contribution is 0.0849. The number of Topliss-reactive ketones (excluding diaryl/α,β-unsaturated/α-hetero) is 1. The molecule has 1 atom stereocenters. The highest BCUT2D eigenvalue weighted by atomic mass is 16.5. The highest BCUT2D eigenvalue weighted by molar-refractivity contribution is 6.01. The van der Waals surface area contributed by atoms with Gasteiger partial charge in [-0.3, -0.25) is 4.79 Å². The molecular weight excluding hydrogens is 364 g/mol. The van der Waals surface area contributed by atoms with E-state index in [1.165, 1.54) is 0 Å². The molecule has 0 fully saturated rings. The lowest BCUT2D eigenvalue weighted by Crippen LogP contribution is -2.21. The molecule has 0 bridgehead atoms. The van der Waals surface area contributed by atoms with Crippen LogP contribution >= 0.6 is 0 Å². The number of aliphatic hydroxyl groups is 1. The molecule has 3 rings (SSSR count). The van der Waals surface area contributed by atoms with Crippen LogP contribution < -0.4 is 9.47 Å². The summed E-state index contributed by atoms with van der Waals surface area (Å²) in [6, 6.07) is 13.3. The zero-order valence-electron chi connectivity index (χ0n) is 17.4. The number of ether oxygens (including phenoxy) is 2. The largest absolute Gasteiger partial charge is 0.489 e. The van der Waals surface area contributed by atoms with Crippen molar-refractivity contribution in [1.82, 2.24) is 0 Å². The minimum atomic E-state index is -1.00. The Morgan fingerprint density at radius 1 is 1.21 bits per heavy atom. The number of ketones is 1. The topological polar surface area (TPSA) is 55.8 Å². The second-order valence-corrected chi connectivity index (χ2v) is 8.08. The average Bonchev–Trinajstić information content (AvgIpc) is 2.66. The molecule has 1 unspecified atom stereocenters. The Bertz CT molecular complexity index is 929. The zero-order chi connectivity index (χ0) is 21.0. The smallest absolute Gasteiger partial charge is 0.170 e. The molecule has 1 heterocycles. The fourth-order valence-electron chi connectivity index (χ4n) is 3.11. The third-order valence-corrected chi connectivity index (χ3v) is 4.65. The summed E-state index contributed by atoms with van der Waals surface area (Å²) in [5.41, 5.74) is 2.33. The van der Waals surface area contributed by atoms with Crippen molar-refractivity contribution in [3.63, 3.8) is 0 Å². The lowest BCUT2D eigenvalue weighted by Gasteiger charge is -2.28. The zero-order valence-corrected chi connectivity index (χ0v) is 17.4. The predicted molar refractivity (Wildman–Crippen MR) is 115 cm³/mol. The summed E-state index contributed by atoms with van der Waals surface area (Å²) in [6.45, 7) is 7.83. The van der Waals surface area contributed by atoms with Crippen LogP contribution in [0.15, 0.2) is 60.2 Å². The fraction of sp³-hybridized carbons (Fsp3) is 0.320. The van der Waals surface area contributed by atoms with Gasteiger partial charge in [0.1, 0.15) is 24.2 Å². The number of carbonyl (C=O) groups excluding carboxylic acids is 1. The van der Waals surface area contributed by atoms with Crippen LogP contribution in [0.4, 0.5) is 0 Å². The SMILES string of the molecule is CC(C)=CCOc1ccc2c(c1C=CC(C)(C)O)OC(c1ccccc1)CC2=O. The van der Waals surface area contributed by atoms with E-state index >= 15 is 0 Å². The quantitative estimate of drug-likeness (QED) is 0.658. The lowest BCUT2D eigenvalue weighted by atomic mass is 9.93. The van der Waals surface area contributed by atoms with Gasteiger partial charge in [-0.1, -0.05) is 42.0 Å². The fourth-order valence-corrected chi connectivity index (χ4v) is 3.11. The molecule has 0 aliphatic carbocycles. The third kappa shape index (κ3) is 5.36. The van der Waals surface area contributed by atoms with Crippen LogP contribution in [0.1, 0.15) is 61.7 Å². The van der Waals surface area contributed by atoms with Gasteiger partial charge in [-0.25, -0.2) is 0 Å². The number of hydrogen-bond donors (Lipinski definition) is 1. The molecule has 29 heavy (non-hydrogen) atoms. The highest BCUT2D eigenvalue weighted by Gasteiger charge is 2.30. The van der Waals surface area contributed by atoms with Crippen molar-refractivity contribution in [2.45, 2.75) is 45.8 Å². The Morgan fingerprint density at radius 3 is 2.59 bits per heavy atom. The first-order valence-corrected chi connectivity index (χ1v) is 9.84. The van der Waals surface area contributed by atoms with Gasteiger partial charge in [0.2, 0.25) is 0 Å². The molecule has 0 spiro atoms. The van der Waals surface area contributed by atoms with Crippen molar-refractivity contribution in [3.8, 4) is 11.5 Å². The number of benzene rings is 2. The van der Waals surface area contributed by atoms with Crippen LogP contribution in [-0.4, -0.2) is 23.1 Å². The van der Waals surface area contributed by atoms with Gasteiger partial charge in [-0.15, -0.1) is 0 Å². The molecule has 0 amide bonds. The van der Waals surface area contributed by atoms with Crippen molar-refractivity contribution in [3.05, 3.63) is 76.9 Å². The summed E-state index contributed by atoms with van der Waals surface area (Å²) in [4.78, 5) is 12.8. The minimum absolute atomic E-state index is 0.0360. The van der Waals surface area contributed by atoms with Crippen LogP contribution in [-0.2, 0) is 0 Å². The Kier molecular flexibility index (Phi) is 6.23. The van der Waals surface area contributed by atoms with Gasteiger partial charge in [0, 0.05) is 0 Å². The van der Waals surface area contributed by atoms with E-state index in [-0.39, 0.29) is 11.9 Å². The predicted octanol–water partition coefficient (Wildman–Crippen LogP) is 5.52. The molecule has 4 nitrogen and oxygen atoms in total. The second-order valence-electron chi connectivity index (χ2n) is 8.08. The standard InChI is InChI=1S/C25H28O4/c1-17(2)13-15-28-22-11-10-19-21(26)16-23(18-8-6-5-7-9-18)29-24(19)20(22)12-14-25(3,4)27/h5-14,23,27H,15-16H2,1-4H3. The van der Waals surface area contributed by atoms with Crippen LogP contribution in [0, 0.1) is 0 Å². The molecular formula is C25H28O4. The van der Waals surface area contributed by atoms with E-state index in [0.717, 1.165) is 11.1 Å². The van der Waals surface area contributed by atoms with Gasteiger partial charge in [-0.2, -0.15) is 0 Å². The number of rotatable bonds is 6. The van der Waals surface area contributed by atoms with E-state index in [1.54, 1.807) is 38.1 Å². The van der Waals surface area contributed by atoms with E-state index < -0.39 is 5.60 Å². The van der Waals surface area contributed by atoms with Crippen LogP contribution in [0.5, 0.6) is 11.5 Å². The van der Waals surface area contributed by atoms with Gasteiger partial charge in [0.15, 0.2) is 5.78 Å². The first-order chi connectivity index (χ1) is 13.7. The molecule has 2 aromatic rings. The van der Waals surface area contributed by atoms with Gasteiger partial charge in [-0.05, 0) is 57.5 Å². The van der Waals surface area contributed by atoms with Gasteiger partial charge >= 0.3 is 0 Å². The Hall–Kier alpha value is -2.85. The first-order valence-electron chi connectivity index (χ1n) is 9.84. The van der Waals surface area contributed by atoms with Crippen molar-refractivity contribution < 1.29 is 19.4 Å².